The molecule has 0 radical (unpaired) electrons. The van der Waals surface area contributed by atoms with Crippen molar-refractivity contribution in [1.29, 1.82) is 0 Å². The van der Waals surface area contributed by atoms with Crippen molar-refractivity contribution in [2.75, 3.05) is 6.54 Å². The molecule has 5 N–H and O–H groups in total. The summed E-state index contributed by atoms with van der Waals surface area (Å²) < 4.78 is 0. The second-order valence-electron chi connectivity index (χ2n) is 3.58. The fourth-order valence-electron chi connectivity index (χ4n) is 1.29. The van der Waals surface area contributed by atoms with E-state index in [0.29, 0.717) is 25.8 Å². The molecule has 0 bridgehead atoms. The summed E-state index contributed by atoms with van der Waals surface area (Å²) >= 11 is 0. The van der Waals surface area contributed by atoms with Gasteiger partial charge in [-0.2, -0.15) is 0 Å². The Kier molecular flexibility index (Phi) is 3.07. The van der Waals surface area contributed by atoms with E-state index < -0.39 is 23.5 Å². The number of aliphatic carboxylic acids is 2. The zero-order valence-corrected chi connectivity index (χ0v) is 7.69. The highest BCUT2D eigenvalue weighted by molar-refractivity contribution is 5.82. The number of rotatable bonds is 6. The van der Waals surface area contributed by atoms with Gasteiger partial charge in [-0.3, -0.25) is 14.9 Å². The Labute approximate surface area is 81.1 Å². The zero-order valence-electron chi connectivity index (χ0n) is 7.69. The van der Waals surface area contributed by atoms with E-state index in [1.165, 1.54) is 0 Å². The Morgan fingerprint density at radius 3 is 2.43 bits per heavy atom. The number of carboxylic acid groups (broad SMARTS) is 2. The van der Waals surface area contributed by atoms with E-state index in [4.69, 9.17) is 15.9 Å². The van der Waals surface area contributed by atoms with E-state index in [0.717, 1.165) is 0 Å². The predicted molar refractivity (Wildman–Crippen MR) is 47.8 cm³/mol. The van der Waals surface area contributed by atoms with Crippen LogP contribution >= 0.6 is 0 Å². The molecule has 6 nitrogen and oxygen atoms in total. The second-order valence-corrected chi connectivity index (χ2v) is 3.58. The molecule has 0 saturated carbocycles. The maximum atomic E-state index is 10.7. The van der Waals surface area contributed by atoms with Crippen LogP contribution in [0.1, 0.15) is 19.3 Å². The highest BCUT2D eigenvalue weighted by Crippen LogP contribution is 2.24. The number of nitrogens with one attached hydrogen (secondary N) is 1. The molecule has 0 aromatic rings. The molecule has 80 valence electrons. The summed E-state index contributed by atoms with van der Waals surface area (Å²) in [6.45, 7) is 0.463. The quantitative estimate of drug-likeness (QED) is 0.409. The van der Waals surface area contributed by atoms with Crippen molar-refractivity contribution in [2.24, 2.45) is 5.73 Å². The lowest BCUT2D eigenvalue weighted by atomic mass is 10.0. The number of carboxylic acids is 2. The standard InChI is InChI=1S/C8H14N2O4/c9-5(6(11)12)2-1-3-8(4-10-8)7(13)14/h5,10H,1-4,9H2,(H,11,12)(H,13,14)/t5-,8-/m0/s1. The smallest absolute Gasteiger partial charge is 0.325 e. The first-order chi connectivity index (χ1) is 6.48. The number of carbonyl (C=O) groups is 2. The van der Waals surface area contributed by atoms with Crippen LogP contribution in [0.5, 0.6) is 0 Å². The summed E-state index contributed by atoms with van der Waals surface area (Å²) in [7, 11) is 0. The number of hydrogen-bond acceptors (Lipinski definition) is 4. The fourth-order valence-corrected chi connectivity index (χ4v) is 1.29. The topological polar surface area (TPSA) is 123 Å². The Morgan fingerprint density at radius 2 is 2.07 bits per heavy atom. The molecular formula is C8H14N2O4. The second kappa shape index (κ2) is 3.93. The van der Waals surface area contributed by atoms with Crippen molar-refractivity contribution in [3.63, 3.8) is 0 Å². The molecule has 1 aliphatic heterocycles. The van der Waals surface area contributed by atoms with Gasteiger partial charge in [0.15, 0.2) is 0 Å². The Bertz CT molecular complexity index is 250. The van der Waals surface area contributed by atoms with Crippen molar-refractivity contribution in [3.05, 3.63) is 0 Å². The van der Waals surface area contributed by atoms with Crippen LogP contribution in [0.2, 0.25) is 0 Å². The van der Waals surface area contributed by atoms with Gasteiger partial charge in [0.25, 0.3) is 0 Å². The van der Waals surface area contributed by atoms with Crippen LogP contribution in [0, 0.1) is 0 Å². The average Bonchev–Trinajstić information content (AvgIpc) is 2.85. The summed E-state index contributed by atoms with van der Waals surface area (Å²) in [6, 6.07) is -0.889. The molecule has 1 saturated heterocycles. The minimum atomic E-state index is -1.04. The molecule has 6 heteroatoms. The molecule has 0 amide bonds. The van der Waals surface area contributed by atoms with Gasteiger partial charge in [-0.15, -0.1) is 0 Å². The third kappa shape index (κ3) is 2.43. The van der Waals surface area contributed by atoms with E-state index >= 15 is 0 Å². The number of hydrogen-bond donors (Lipinski definition) is 4. The zero-order chi connectivity index (χ0) is 10.8. The lowest BCUT2D eigenvalue weighted by molar-refractivity contribution is -0.140. The molecule has 1 rings (SSSR count). The third-order valence-corrected chi connectivity index (χ3v) is 2.45. The van der Waals surface area contributed by atoms with Gasteiger partial charge in [0.05, 0.1) is 0 Å². The molecule has 0 aromatic carbocycles. The Morgan fingerprint density at radius 1 is 1.50 bits per heavy atom. The van der Waals surface area contributed by atoms with Gasteiger partial charge < -0.3 is 15.9 Å². The van der Waals surface area contributed by atoms with Crippen LogP contribution in [0.15, 0.2) is 0 Å². The van der Waals surface area contributed by atoms with Crippen LogP contribution in [-0.4, -0.2) is 40.3 Å². The van der Waals surface area contributed by atoms with Gasteiger partial charge in [0.2, 0.25) is 0 Å². The molecule has 0 aliphatic carbocycles. The Hall–Kier alpha value is -1.14. The molecule has 14 heavy (non-hydrogen) atoms. The molecule has 1 aliphatic rings. The fraction of sp³-hybridized carbons (Fsp3) is 0.750. The molecule has 0 unspecified atom stereocenters. The lowest BCUT2D eigenvalue weighted by Crippen LogP contribution is -2.32. The summed E-state index contributed by atoms with van der Waals surface area (Å²) in [4.78, 5) is 21.0. The maximum absolute atomic E-state index is 10.7. The van der Waals surface area contributed by atoms with Gasteiger partial charge in [-0.25, -0.2) is 0 Å². The van der Waals surface area contributed by atoms with E-state index in [-0.39, 0.29) is 0 Å². The van der Waals surface area contributed by atoms with Crippen LogP contribution in [0.4, 0.5) is 0 Å². The van der Waals surface area contributed by atoms with Crippen LogP contribution in [-0.2, 0) is 9.59 Å². The van der Waals surface area contributed by atoms with E-state index in [1.807, 2.05) is 0 Å². The normalized spacial score (nSPS) is 26.9. The summed E-state index contributed by atoms with van der Waals surface area (Å²) in [5, 5.41) is 20.0. The summed E-state index contributed by atoms with van der Waals surface area (Å²) in [5.74, 6) is -1.92. The van der Waals surface area contributed by atoms with Gasteiger partial charge in [-0.05, 0) is 19.3 Å². The Balaban J connectivity index is 2.22. The van der Waals surface area contributed by atoms with Gasteiger partial charge >= 0.3 is 11.9 Å². The van der Waals surface area contributed by atoms with Crippen molar-refractivity contribution < 1.29 is 19.8 Å². The van der Waals surface area contributed by atoms with Crippen LogP contribution < -0.4 is 11.1 Å². The predicted octanol–water partition coefficient (Wildman–Crippen LogP) is -1.00. The van der Waals surface area contributed by atoms with Crippen LogP contribution in [0.3, 0.4) is 0 Å². The van der Waals surface area contributed by atoms with Crippen molar-refractivity contribution in [2.45, 2.75) is 30.8 Å². The minimum Gasteiger partial charge on any atom is -0.480 e. The third-order valence-electron chi connectivity index (χ3n) is 2.45. The van der Waals surface area contributed by atoms with E-state index in [9.17, 15) is 9.59 Å². The maximum Gasteiger partial charge on any atom is 0.325 e. The van der Waals surface area contributed by atoms with Crippen molar-refractivity contribution in [1.82, 2.24) is 5.32 Å². The van der Waals surface area contributed by atoms with Crippen molar-refractivity contribution >= 4 is 11.9 Å². The number of nitrogens with two attached hydrogens (primary N) is 1. The molecule has 0 aromatic heterocycles. The minimum absolute atomic E-state index is 0.312. The first kappa shape index (κ1) is 10.9. The van der Waals surface area contributed by atoms with Gasteiger partial charge in [0, 0.05) is 6.54 Å². The lowest BCUT2D eigenvalue weighted by Gasteiger charge is -2.09. The van der Waals surface area contributed by atoms with Crippen LogP contribution in [0.25, 0.3) is 0 Å². The first-order valence-corrected chi connectivity index (χ1v) is 4.45. The van der Waals surface area contributed by atoms with E-state index in [1.54, 1.807) is 0 Å². The SMILES string of the molecule is N[C@@H](CCC[C@@]1(C(=O)O)CN1)C(=O)O. The molecule has 1 heterocycles. The van der Waals surface area contributed by atoms with Gasteiger partial charge in [0.1, 0.15) is 11.6 Å². The molecule has 1 fully saturated rings. The highest BCUT2D eigenvalue weighted by atomic mass is 16.4. The average molecular weight is 202 g/mol. The molecular weight excluding hydrogens is 188 g/mol. The first-order valence-electron chi connectivity index (χ1n) is 4.45. The van der Waals surface area contributed by atoms with Gasteiger partial charge in [-0.1, -0.05) is 0 Å². The monoisotopic (exact) mass is 202 g/mol. The van der Waals surface area contributed by atoms with E-state index in [2.05, 4.69) is 5.32 Å². The van der Waals surface area contributed by atoms with Crippen molar-refractivity contribution in [3.8, 4) is 0 Å². The molecule has 2 atom stereocenters. The summed E-state index contributed by atoms with van der Waals surface area (Å²) in [6.07, 6.45) is 1.25. The largest absolute Gasteiger partial charge is 0.480 e. The highest BCUT2D eigenvalue weighted by Gasteiger charge is 2.49. The summed E-state index contributed by atoms with van der Waals surface area (Å²) in [5.41, 5.74) is 4.47. The molecule has 0 spiro atoms.